The smallest absolute Gasteiger partial charge is 0.107 e. The van der Waals surface area contributed by atoms with Gasteiger partial charge < -0.3 is 10.4 Å². The lowest BCUT2D eigenvalue weighted by atomic mass is 9.79. The molecule has 2 rings (SSSR count). The molecule has 0 fully saturated rings. The van der Waals surface area contributed by atoms with Crippen molar-refractivity contribution in [3.63, 3.8) is 0 Å². The Bertz CT molecular complexity index is 440. The average molecular weight is 311 g/mol. The number of aliphatic hydroxyl groups is 1. The molecule has 1 aliphatic rings. The van der Waals surface area contributed by atoms with Gasteiger partial charge in [0.1, 0.15) is 5.01 Å². The Morgan fingerprint density at radius 3 is 2.81 bits per heavy atom. The first-order chi connectivity index (χ1) is 10.1. The van der Waals surface area contributed by atoms with Gasteiger partial charge >= 0.3 is 0 Å². The third-order valence-corrected chi connectivity index (χ3v) is 6.27. The Labute approximate surface area is 133 Å². The summed E-state index contributed by atoms with van der Waals surface area (Å²) in [5, 5.41) is 14.1. The second kappa shape index (κ2) is 7.70. The van der Waals surface area contributed by atoms with Gasteiger partial charge in [0, 0.05) is 24.6 Å². The minimum absolute atomic E-state index is 0.236. The second-order valence-electron chi connectivity index (χ2n) is 6.61. The number of aryl methyl sites for hydroxylation is 1. The summed E-state index contributed by atoms with van der Waals surface area (Å²) in [6.07, 6.45) is 6.77. The molecule has 0 radical (unpaired) electrons. The standard InChI is InChI=1S/C17H30N2OS/c1-4-17(5-2,8-9-20)12-18-11-16-19-14-7-6-13(3)10-15(14)21-16/h13,18,20H,4-12H2,1-3H3. The molecule has 1 unspecified atom stereocenters. The van der Waals surface area contributed by atoms with E-state index >= 15 is 0 Å². The molecule has 120 valence electrons. The van der Waals surface area contributed by atoms with E-state index in [4.69, 9.17) is 4.98 Å². The third kappa shape index (κ3) is 4.27. The van der Waals surface area contributed by atoms with Gasteiger partial charge in [-0.1, -0.05) is 20.8 Å². The molecule has 4 heteroatoms. The predicted octanol–water partition coefficient (Wildman–Crippen LogP) is 3.55. The molecule has 3 nitrogen and oxygen atoms in total. The van der Waals surface area contributed by atoms with E-state index < -0.39 is 0 Å². The molecule has 2 N–H and O–H groups in total. The van der Waals surface area contributed by atoms with Crippen molar-refractivity contribution in [1.29, 1.82) is 0 Å². The number of rotatable bonds is 8. The van der Waals surface area contributed by atoms with Crippen molar-refractivity contribution < 1.29 is 5.11 Å². The zero-order chi connectivity index (χ0) is 15.3. The number of nitrogens with zero attached hydrogens (tertiary/aromatic N) is 1. The number of hydrogen-bond donors (Lipinski definition) is 2. The van der Waals surface area contributed by atoms with Gasteiger partial charge in [-0.15, -0.1) is 11.3 Å². The van der Waals surface area contributed by atoms with E-state index in [1.165, 1.54) is 28.4 Å². The van der Waals surface area contributed by atoms with Crippen LogP contribution in [0.3, 0.4) is 0 Å². The molecular weight excluding hydrogens is 280 g/mol. The molecule has 0 saturated carbocycles. The highest BCUT2D eigenvalue weighted by molar-refractivity contribution is 7.11. The first kappa shape index (κ1) is 16.9. The van der Waals surface area contributed by atoms with Crippen LogP contribution in [0.5, 0.6) is 0 Å². The van der Waals surface area contributed by atoms with E-state index in [0.717, 1.165) is 44.7 Å². The van der Waals surface area contributed by atoms with Crippen molar-refractivity contribution in [3.8, 4) is 0 Å². The lowest BCUT2D eigenvalue weighted by molar-refractivity contribution is 0.163. The first-order valence-corrected chi connectivity index (χ1v) is 9.23. The fraction of sp³-hybridized carbons (Fsp3) is 0.824. The van der Waals surface area contributed by atoms with Crippen LogP contribution in [0, 0.1) is 11.3 Å². The zero-order valence-corrected chi connectivity index (χ0v) is 14.6. The Morgan fingerprint density at radius 1 is 1.38 bits per heavy atom. The maximum atomic E-state index is 9.28. The Kier molecular flexibility index (Phi) is 6.20. The fourth-order valence-electron chi connectivity index (χ4n) is 3.28. The van der Waals surface area contributed by atoms with Crippen molar-refractivity contribution in [3.05, 3.63) is 15.6 Å². The molecule has 1 aliphatic carbocycles. The molecule has 0 amide bonds. The Balaban J connectivity index is 1.88. The van der Waals surface area contributed by atoms with Gasteiger partial charge in [-0.3, -0.25) is 0 Å². The van der Waals surface area contributed by atoms with E-state index in [1.807, 2.05) is 11.3 Å². The van der Waals surface area contributed by atoms with Gasteiger partial charge in [0.25, 0.3) is 0 Å². The highest BCUT2D eigenvalue weighted by Crippen LogP contribution is 2.31. The molecule has 21 heavy (non-hydrogen) atoms. The maximum Gasteiger partial charge on any atom is 0.107 e. The van der Waals surface area contributed by atoms with Gasteiger partial charge in [-0.25, -0.2) is 4.98 Å². The molecule has 1 aromatic heterocycles. The number of fused-ring (bicyclic) bond motifs is 1. The largest absolute Gasteiger partial charge is 0.396 e. The molecule has 0 aromatic carbocycles. The van der Waals surface area contributed by atoms with Crippen LogP contribution in [-0.2, 0) is 19.4 Å². The van der Waals surface area contributed by atoms with Crippen molar-refractivity contribution >= 4 is 11.3 Å². The number of hydrogen-bond acceptors (Lipinski definition) is 4. The minimum Gasteiger partial charge on any atom is -0.396 e. The normalized spacial score (nSPS) is 18.8. The summed E-state index contributed by atoms with van der Waals surface area (Å²) < 4.78 is 0. The molecule has 1 heterocycles. The van der Waals surface area contributed by atoms with Gasteiger partial charge in [-0.2, -0.15) is 0 Å². The van der Waals surface area contributed by atoms with Crippen LogP contribution in [0.4, 0.5) is 0 Å². The van der Waals surface area contributed by atoms with Gasteiger partial charge in [0.05, 0.1) is 5.69 Å². The fourth-order valence-corrected chi connectivity index (χ4v) is 4.53. The molecule has 0 spiro atoms. The van der Waals surface area contributed by atoms with E-state index in [2.05, 4.69) is 26.1 Å². The second-order valence-corrected chi connectivity index (χ2v) is 7.78. The Morgan fingerprint density at radius 2 is 2.14 bits per heavy atom. The quantitative estimate of drug-likeness (QED) is 0.772. The number of nitrogens with one attached hydrogen (secondary N) is 1. The van der Waals surface area contributed by atoms with Crippen LogP contribution >= 0.6 is 11.3 Å². The molecule has 0 saturated heterocycles. The number of aliphatic hydroxyl groups excluding tert-OH is 1. The summed E-state index contributed by atoms with van der Waals surface area (Å²) in [6, 6.07) is 0. The summed E-state index contributed by atoms with van der Waals surface area (Å²) in [6.45, 7) is 8.92. The topological polar surface area (TPSA) is 45.1 Å². The average Bonchev–Trinajstić information content (AvgIpc) is 2.88. The lowest BCUT2D eigenvalue weighted by Gasteiger charge is -2.31. The van der Waals surface area contributed by atoms with E-state index in [-0.39, 0.29) is 12.0 Å². The van der Waals surface area contributed by atoms with Gasteiger partial charge in [-0.05, 0) is 49.9 Å². The van der Waals surface area contributed by atoms with Crippen molar-refractivity contribution in [1.82, 2.24) is 10.3 Å². The predicted molar refractivity (Wildman–Crippen MR) is 89.7 cm³/mol. The van der Waals surface area contributed by atoms with Crippen molar-refractivity contribution in [2.45, 2.75) is 65.8 Å². The zero-order valence-electron chi connectivity index (χ0n) is 13.7. The van der Waals surface area contributed by atoms with Crippen molar-refractivity contribution in [2.24, 2.45) is 11.3 Å². The van der Waals surface area contributed by atoms with Crippen LogP contribution in [0.2, 0.25) is 0 Å². The van der Waals surface area contributed by atoms with Crippen LogP contribution in [0.25, 0.3) is 0 Å². The van der Waals surface area contributed by atoms with Crippen LogP contribution in [-0.4, -0.2) is 23.2 Å². The van der Waals surface area contributed by atoms with Crippen LogP contribution < -0.4 is 5.32 Å². The minimum atomic E-state index is 0.236. The first-order valence-electron chi connectivity index (χ1n) is 8.41. The number of thiazole rings is 1. The highest BCUT2D eigenvalue weighted by Gasteiger charge is 2.25. The summed E-state index contributed by atoms with van der Waals surface area (Å²) >= 11 is 1.90. The van der Waals surface area contributed by atoms with Crippen LogP contribution in [0.15, 0.2) is 0 Å². The SMILES string of the molecule is CCC(CC)(CCO)CNCc1nc2c(s1)CC(C)CC2. The van der Waals surface area contributed by atoms with Gasteiger partial charge in [0.15, 0.2) is 0 Å². The molecule has 0 bridgehead atoms. The lowest BCUT2D eigenvalue weighted by Crippen LogP contribution is -2.34. The third-order valence-electron chi connectivity index (χ3n) is 5.15. The maximum absolute atomic E-state index is 9.28. The molecule has 1 aromatic rings. The molecule has 0 aliphatic heterocycles. The van der Waals surface area contributed by atoms with Crippen LogP contribution in [0.1, 0.15) is 62.0 Å². The molecule has 1 atom stereocenters. The summed E-state index contributed by atoms with van der Waals surface area (Å²) in [4.78, 5) is 6.32. The Hall–Kier alpha value is -0.450. The summed E-state index contributed by atoms with van der Waals surface area (Å²) in [7, 11) is 0. The molecular formula is C17H30N2OS. The highest BCUT2D eigenvalue weighted by atomic mass is 32.1. The van der Waals surface area contributed by atoms with Gasteiger partial charge in [0.2, 0.25) is 0 Å². The number of aromatic nitrogens is 1. The van der Waals surface area contributed by atoms with E-state index in [0.29, 0.717) is 0 Å². The van der Waals surface area contributed by atoms with Crippen molar-refractivity contribution in [2.75, 3.05) is 13.2 Å². The monoisotopic (exact) mass is 310 g/mol. The summed E-state index contributed by atoms with van der Waals surface area (Å²) in [5.74, 6) is 0.816. The van der Waals surface area contributed by atoms with E-state index in [9.17, 15) is 5.11 Å². The summed E-state index contributed by atoms with van der Waals surface area (Å²) in [5.41, 5.74) is 1.59. The van der Waals surface area contributed by atoms with E-state index in [1.54, 1.807) is 0 Å².